The Labute approximate surface area is 180 Å². The predicted octanol–water partition coefficient (Wildman–Crippen LogP) is 4.13. The van der Waals surface area contributed by atoms with Gasteiger partial charge in [0, 0.05) is 16.3 Å². The SMILES string of the molecule is Cc1[nH]n2c(=O)c3ccccc3nc2c1C=C(C#N)S(=O)(=O)c1cc(Cl)ccc1Cl. The third kappa shape index (κ3) is 3.17. The number of fused-ring (bicyclic) bond motifs is 2. The molecule has 0 spiro atoms. The van der Waals surface area contributed by atoms with Crippen LogP contribution in [0.1, 0.15) is 11.3 Å². The van der Waals surface area contributed by atoms with Gasteiger partial charge in [-0.05, 0) is 43.3 Å². The zero-order valence-corrected chi connectivity index (χ0v) is 17.7. The number of hydrogen-bond acceptors (Lipinski definition) is 5. The molecule has 0 bridgehead atoms. The second kappa shape index (κ2) is 7.29. The van der Waals surface area contributed by atoms with Gasteiger partial charge in [-0.1, -0.05) is 35.3 Å². The van der Waals surface area contributed by atoms with E-state index in [0.29, 0.717) is 22.2 Å². The predicted molar refractivity (Wildman–Crippen MR) is 115 cm³/mol. The Morgan fingerprint density at radius 2 is 1.97 bits per heavy atom. The standard InChI is InChI=1S/C20H12Cl2N4O3S/c1-11-15(19-24-17-5-3-2-4-14(17)20(27)26(19)25-11)9-13(10-23)30(28,29)18-8-12(21)6-7-16(18)22/h2-9,25H,1H3. The minimum absolute atomic E-state index is 0.0588. The molecule has 0 unspecified atom stereocenters. The average molecular weight is 459 g/mol. The summed E-state index contributed by atoms with van der Waals surface area (Å²) in [4.78, 5) is 16.4. The van der Waals surface area contributed by atoms with Crippen LogP contribution in [0.25, 0.3) is 22.6 Å². The Hall–Kier alpha value is -3.12. The summed E-state index contributed by atoms with van der Waals surface area (Å²) in [6, 6.07) is 12.5. The van der Waals surface area contributed by atoms with Gasteiger partial charge in [0.2, 0.25) is 9.84 Å². The van der Waals surface area contributed by atoms with E-state index < -0.39 is 14.7 Å². The summed E-state index contributed by atoms with van der Waals surface area (Å²) in [6.07, 6.45) is 1.18. The van der Waals surface area contributed by atoms with Crippen molar-refractivity contribution in [2.75, 3.05) is 0 Å². The van der Waals surface area contributed by atoms with Crippen molar-refractivity contribution in [3.05, 3.63) is 79.0 Å². The Balaban J connectivity index is 2.00. The lowest BCUT2D eigenvalue weighted by molar-refractivity contribution is 0.603. The Bertz CT molecular complexity index is 1580. The van der Waals surface area contributed by atoms with Gasteiger partial charge in [-0.2, -0.15) is 5.26 Å². The zero-order chi connectivity index (χ0) is 21.6. The first kappa shape index (κ1) is 20.2. The number of aryl methyl sites for hydroxylation is 1. The summed E-state index contributed by atoms with van der Waals surface area (Å²) >= 11 is 11.9. The summed E-state index contributed by atoms with van der Waals surface area (Å²) in [5.74, 6) is 0. The molecule has 0 aliphatic heterocycles. The number of benzene rings is 2. The first-order valence-corrected chi connectivity index (χ1v) is 10.8. The third-order valence-corrected chi connectivity index (χ3v) is 6.94. The quantitative estimate of drug-likeness (QED) is 0.464. The van der Waals surface area contributed by atoms with Crippen LogP contribution in [-0.2, 0) is 9.84 Å². The molecular weight excluding hydrogens is 447 g/mol. The summed E-state index contributed by atoms with van der Waals surface area (Å²) in [6.45, 7) is 1.65. The van der Waals surface area contributed by atoms with Crippen molar-refractivity contribution in [3.63, 3.8) is 0 Å². The summed E-state index contributed by atoms with van der Waals surface area (Å²) in [7, 11) is -4.26. The van der Waals surface area contributed by atoms with Crippen LogP contribution in [0.5, 0.6) is 0 Å². The summed E-state index contributed by atoms with van der Waals surface area (Å²) in [5.41, 5.74) is 1.09. The maximum absolute atomic E-state index is 13.1. The molecule has 0 fully saturated rings. The minimum Gasteiger partial charge on any atom is -0.293 e. The van der Waals surface area contributed by atoms with E-state index in [-0.39, 0.29) is 26.1 Å². The minimum atomic E-state index is -4.26. The van der Waals surface area contributed by atoms with Crippen LogP contribution in [0.15, 0.2) is 57.1 Å². The molecule has 0 radical (unpaired) electrons. The highest BCUT2D eigenvalue weighted by molar-refractivity contribution is 7.95. The van der Waals surface area contributed by atoms with Crippen molar-refractivity contribution >= 4 is 55.7 Å². The third-order valence-electron chi connectivity index (χ3n) is 4.56. The highest BCUT2D eigenvalue weighted by Crippen LogP contribution is 2.31. The maximum Gasteiger partial charge on any atom is 0.280 e. The fourth-order valence-corrected chi connectivity index (χ4v) is 4.98. The molecule has 2 aromatic heterocycles. The van der Waals surface area contributed by atoms with Gasteiger partial charge in [0.1, 0.15) is 11.0 Å². The largest absolute Gasteiger partial charge is 0.293 e. The van der Waals surface area contributed by atoms with Crippen molar-refractivity contribution in [3.8, 4) is 6.07 Å². The van der Waals surface area contributed by atoms with E-state index in [0.717, 1.165) is 0 Å². The summed E-state index contributed by atoms with van der Waals surface area (Å²) < 4.78 is 27.3. The normalized spacial score (nSPS) is 12.4. The van der Waals surface area contributed by atoms with Crippen LogP contribution in [0, 0.1) is 18.3 Å². The van der Waals surface area contributed by atoms with E-state index in [1.165, 1.54) is 28.8 Å². The van der Waals surface area contributed by atoms with Crippen LogP contribution in [0.2, 0.25) is 10.0 Å². The fraction of sp³-hybridized carbons (Fsp3) is 0.0500. The molecule has 4 aromatic rings. The fourth-order valence-electron chi connectivity index (χ4n) is 3.09. The molecule has 30 heavy (non-hydrogen) atoms. The van der Waals surface area contributed by atoms with E-state index >= 15 is 0 Å². The van der Waals surface area contributed by atoms with Gasteiger partial charge in [-0.25, -0.2) is 17.9 Å². The number of aromatic amines is 1. The number of halogens is 2. The van der Waals surface area contributed by atoms with Gasteiger partial charge >= 0.3 is 0 Å². The zero-order valence-electron chi connectivity index (χ0n) is 15.3. The topological polar surface area (TPSA) is 108 Å². The number of nitrogens with one attached hydrogen (secondary N) is 1. The maximum atomic E-state index is 13.1. The lowest BCUT2D eigenvalue weighted by atomic mass is 10.2. The molecular formula is C20H12Cl2N4O3S. The van der Waals surface area contributed by atoms with Crippen molar-refractivity contribution in [2.24, 2.45) is 0 Å². The number of para-hydroxylation sites is 1. The van der Waals surface area contributed by atoms with E-state index in [1.807, 2.05) is 0 Å². The number of aromatic nitrogens is 3. The van der Waals surface area contributed by atoms with Crippen LogP contribution in [0.4, 0.5) is 0 Å². The van der Waals surface area contributed by atoms with Crippen molar-refractivity contribution in [1.82, 2.24) is 14.6 Å². The molecule has 0 aliphatic rings. The van der Waals surface area contributed by atoms with Gasteiger partial charge in [0.25, 0.3) is 5.56 Å². The monoisotopic (exact) mass is 458 g/mol. The highest BCUT2D eigenvalue weighted by atomic mass is 35.5. The molecule has 2 aromatic carbocycles. The highest BCUT2D eigenvalue weighted by Gasteiger charge is 2.25. The molecule has 1 N–H and O–H groups in total. The smallest absolute Gasteiger partial charge is 0.280 e. The molecule has 7 nitrogen and oxygen atoms in total. The van der Waals surface area contributed by atoms with Gasteiger partial charge in [-0.3, -0.25) is 9.89 Å². The second-order valence-corrected chi connectivity index (χ2v) is 9.17. The molecule has 0 amide bonds. The molecule has 4 rings (SSSR count). The van der Waals surface area contributed by atoms with Crippen LogP contribution < -0.4 is 5.56 Å². The van der Waals surface area contributed by atoms with Gasteiger partial charge in [-0.15, -0.1) is 0 Å². The molecule has 0 saturated heterocycles. The van der Waals surface area contributed by atoms with Crippen LogP contribution in [-0.4, -0.2) is 23.0 Å². The van der Waals surface area contributed by atoms with Gasteiger partial charge in [0.05, 0.1) is 20.8 Å². The molecule has 2 heterocycles. The van der Waals surface area contributed by atoms with Gasteiger partial charge in [0.15, 0.2) is 5.65 Å². The molecule has 0 saturated carbocycles. The number of sulfone groups is 1. The van der Waals surface area contributed by atoms with E-state index in [2.05, 4.69) is 10.1 Å². The summed E-state index contributed by atoms with van der Waals surface area (Å²) in [5, 5.41) is 13.0. The molecule has 10 heteroatoms. The molecule has 0 atom stereocenters. The Kier molecular flexibility index (Phi) is 4.90. The lowest BCUT2D eigenvalue weighted by Crippen LogP contribution is -2.15. The Morgan fingerprint density at radius 1 is 1.23 bits per heavy atom. The Morgan fingerprint density at radius 3 is 2.70 bits per heavy atom. The lowest BCUT2D eigenvalue weighted by Gasteiger charge is -2.06. The number of nitrogens with zero attached hydrogens (tertiary/aromatic N) is 3. The number of hydrogen-bond donors (Lipinski definition) is 1. The van der Waals surface area contributed by atoms with E-state index in [1.54, 1.807) is 37.3 Å². The van der Waals surface area contributed by atoms with Crippen molar-refractivity contribution in [1.29, 1.82) is 5.26 Å². The van der Waals surface area contributed by atoms with Crippen LogP contribution >= 0.6 is 23.2 Å². The number of allylic oxidation sites excluding steroid dienone is 1. The second-order valence-electron chi connectivity index (χ2n) is 6.44. The van der Waals surface area contributed by atoms with Crippen LogP contribution in [0.3, 0.4) is 0 Å². The van der Waals surface area contributed by atoms with E-state index in [4.69, 9.17) is 23.2 Å². The van der Waals surface area contributed by atoms with Crippen molar-refractivity contribution in [2.45, 2.75) is 11.8 Å². The first-order valence-electron chi connectivity index (χ1n) is 8.56. The van der Waals surface area contributed by atoms with Crippen molar-refractivity contribution < 1.29 is 8.42 Å². The first-order chi connectivity index (χ1) is 14.2. The average Bonchev–Trinajstić information content (AvgIpc) is 3.03. The van der Waals surface area contributed by atoms with Gasteiger partial charge < -0.3 is 0 Å². The number of nitriles is 1. The molecule has 150 valence electrons. The number of rotatable bonds is 3. The molecule has 0 aliphatic carbocycles. The van der Waals surface area contributed by atoms with E-state index in [9.17, 15) is 18.5 Å². The number of H-pyrrole nitrogens is 1.